The van der Waals surface area contributed by atoms with Crippen LogP contribution in [0.15, 0.2) is 18.3 Å². The van der Waals surface area contributed by atoms with E-state index in [-0.39, 0.29) is 17.2 Å². The number of likely N-dealkylation sites (tertiary alicyclic amines) is 1. The van der Waals surface area contributed by atoms with E-state index in [2.05, 4.69) is 4.98 Å². The molecule has 17 heavy (non-hydrogen) atoms. The van der Waals surface area contributed by atoms with Gasteiger partial charge >= 0.3 is 5.97 Å². The van der Waals surface area contributed by atoms with Crippen LogP contribution in [0.3, 0.4) is 0 Å². The van der Waals surface area contributed by atoms with Crippen LogP contribution < -0.4 is 0 Å². The van der Waals surface area contributed by atoms with Crippen molar-refractivity contribution >= 4 is 11.9 Å². The number of piperidine rings is 1. The Morgan fingerprint density at radius 3 is 2.59 bits per heavy atom. The number of pyridine rings is 1. The highest BCUT2D eigenvalue weighted by molar-refractivity contribution is 6.03. The van der Waals surface area contributed by atoms with Crippen LogP contribution in [0.4, 0.5) is 0 Å². The number of hydrogen-bond acceptors (Lipinski definition) is 3. The predicted octanol–water partition coefficient (Wildman–Crippen LogP) is 1.41. The van der Waals surface area contributed by atoms with Crippen molar-refractivity contribution in [1.82, 2.24) is 9.88 Å². The predicted molar refractivity (Wildman–Crippen MR) is 61.0 cm³/mol. The lowest BCUT2D eigenvalue weighted by molar-refractivity contribution is 0.0660. The van der Waals surface area contributed by atoms with Crippen molar-refractivity contribution in [2.75, 3.05) is 13.1 Å². The molecular formula is C12H14N2O3. The number of aromatic carboxylic acids is 1. The number of nitrogens with zero attached hydrogens (tertiary/aromatic N) is 2. The summed E-state index contributed by atoms with van der Waals surface area (Å²) in [6.07, 6.45) is 4.47. The standard InChI is InChI=1S/C12H14N2O3/c15-11(14-7-2-1-3-8-14)9-5-4-6-13-10(9)12(16)17/h4-6H,1-3,7-8H2,(H,16,17). The van der Waals surface area contributed by atoms with Gasteiger partial charge in [-0.25, -0.2) is 9.78 Å². The molecule has 90 valence electrons. The molecule has 5 nitrogen and oxygen atoms in total. The van der Waals surface area contributed by atoms with Crippen molar-refractivity contribution in [2.45, 2.75) is 19.3 Å². The van der Waals surface area contributed by atoms with E-state index in [1.807, 2.05) is 0 Å². The molecule has 1 aliphatic rings. The molecule has 0 aromatic carbocycles. The summed E-state index contributed by atoms with van der Waals surface area (Å²) in [6.45, 7) is 1.40. The van der Waals surface area contributed by atoms with Gasteiger partial charge in [0.25, 0.3) is 5.91 Å². The number of aromatic nitrogens is 1. The monoisotopic (exact) mass is 234 g/mol. The summed E-state index contributed by atoms with van der Waals surface area (Å²) in [5.41, 5.74) is 0.0185. The maximum atomic E-state index is 12.1. The lowest BCUT2D eigenvalue weighted by Crippen LogP contribution is -2.36. The average molecular weight is 234 g/mol. The molecule has 1 aromatic heterocycles. The van der Waals surface area contributed by atoms with E-state index < -0.39 is 5.97 Å². The van der Waals surface area contributed by atoms with Gasteiger partial charge in [-0.3, -0.25) is 4.79 Å². The summed E-state index contributed by atoms with van der Waals surface area (Å²) in [5.74, 6) is -1.39. The van der Waals surface area contributed by atoms with Gasteiger partial charge < -0.3 is 10.0 Å². The van der Waals surface area contributed by atoms with Crippen molar-refractivity contribution in [1.29, 1.82) is 0 Å². The Balaban J connectivity index is 2.26. The van der Waals surface area contributed by atoms with Crippen molar-refractivity contribution in [3.8, 4) is 0 Å². The van der Waals surface area contributed by atoms with E-state index in [9.17, 15) is 9.59 Å². The van der Waals surface area contributed by atoms with E-state index in [0.29, 0.717) is 13.1 Å². The molecule has 5 heteroatoms. The fourth-order valence-corrected chi connectivity index (χ4v) is 2.02. The Morgan fingerprint density at radius 2 is 1.94 bits per heavy atom. The molecule has 1 saturated heterocycles. The number of carbonyl (C=O) groups is 2. The third kappa shape index (κ3) is 2.43. The molecule has 0 aliphatic carbocycles. The van der Waals surface area contributed by atoms with Gasteiger partial charge in [0.1, 0.15) is 0 Å². The van der Waals surface area contributed by atoms with E-state index in [1.165, 1.54) is 12.3 Å². The van der Waals surface area contributed by atoms with Crippen LogP contribution >= 0.6 is 0 Å². The quantitative estimate of drug-likeness (QED) is 0.839. The highest BCUT2D eigenvalue weighted by Crippen LogP contribution is 2.14. The molecule has 0 unspecified atom stereocenters. The summed E-state index contributed by atoms with van der Waals surface area (Å²) < 4.78 is 0. The Labute approximate surface area is 99.1 Å². The topological polar surface area (TPSA) is 70.5 Å². The van der Waals surface area contributed by atoms with E-state index in [4.69, 9.17) is 5.11 Å². The van der Waals surface area contributed by atoms with Crippen LogP contribution in [0.2, 0.25) is 0 Å². The zero-order valence-corrected chi connectivity index (χ0v) is 9.43. The molecule has 1 aromatic rings. The summed E-state index contributed by atoms with van der Waals surface area (Å²) in [7, 11) is 0. The molecule has 0 radical (unpaired) electrons. The Hall–Kier alpha value is -1.91. The SMILES string of the molecule is O=C(O)c1ncccc1C(=O)N1CCCCC1. The third-order valence-electron chi connectivity index (χ3n) is 2.88. The van der Waals surface area contributed by atoms with Gasteiger partial charge in [-0.1, -0.05) is 0 Å². The number of carbonyl (C=O) groups excluding carboxylic acids is 1. The lowest BCUT2D eigenvalue weighted by Gasteiger charge is -2.26. The molecule has 1 amide bonds. The van der Waals surface area contributed by atoms with Crippen LogP contribution in [-0.4, -0.2) is 40.0 Å². The van der Waals surface area contributed by atoms with E-state index >= 15 is 0 Å². The molecule has 0 saturated carbocycles. The van der Waals surface area contributed by atoms with E-state index in [1.54, 1.807) is 11.0 Å². The first-order valence-corrected chi connectivity index (χ1v) is 5.68. The summed E-state index contributed by atoms with van der Waals surface area (Å²) in [6, 6.07) is 3.11. The first kappa shape index (κ1) is 11.6. The molecule has 2 rings (SSSR count). The summed E-state index contributed by atoms with van der Waals surface area (Å²) in [4.78, 5) is 28.6. The number of hydrogen-bond donors (Lipinski definition) is 1. The van der Waals surface area contributed by atoms with Crippen LogP contribution in [0.25, 0.3) is 0 Å². The molecule has 1 aliphatic heterocycles. The Bertz CT molecular complexity index is 439. The normalized spacial score (nSPS) is 15.6. The smallest absolute Gasteiger partial charge is 0.355 e. The zero-order chi connectivity index (χ0) is 12.3. The Kier molecular flexibility index (Phi) is 3.37. The third-order valence-corrected chi connectivity index (χ3v) is 2.88. The average Bonchev–Trinajstić information content (AvgIpc) is 2.39. The number of carboxylic acid groups (broad SMARTS) is 1. The molecule has 1 fully saturated rings. The van der Waals surface area contributed by atoms with Crippen LogP contribution in [0.1, 0.15) is 40.1 Å². The fraction of sp³-hybridized carbons (Fsp3) is 0.417. The van der Waals surface area contributed by atoms with Crippen molar-refractivity contribution in [3.63, 3.8) is 0 Å². The number of carboxylic acids is 1. The maximum absolute atomic E-state index is 12.1. The zero-order valence-electron chi connectivity index (χ0n) is 9.43. The summed E-state index contributed by atoms with van der Waals surface area (Å²) in [5, 5.41) is 8.98. The van der Waals surface area contributed by atoms with Gasteiger partial charge in [-0.2, -0.15) is 0 Å². The molecular weight excluding hydrogens is 220 g/mol. The lowest BCUT2D eigenvalue weighted by atomic mass is 10.1. The van der Waals surface area contributed by atoms with Crippen molar-refractivity contribution < 1.29 is 14.7 Å². The van der Waals surface area contributed by atoms with Crippen LogP contribution in [-0.2, 0) is 0 Å². The van der Waals surface area contributed by atoms with Crippen molar-refractivity contribution in [3.05, 3.63) is 29.6 Å². The van der Waals surface area contributed by atoms with Gasteiger partial charge in [-0.15, -0.1) is 0 Å². The van der Waals surface area contributed by atoms with Gasteiger partial charge in [-0.05, 0) is 31.4 Å². The molecule has 0 atom stereocenters. The van der Waals surface area contributed by atoms with Crippen LogP contribution in [0, 0.1) is 0 Å². The largest absolute Gasteiger partial charge is 0.476 e. The first-order valence-electron chi connectivity index (χ1n) is 5.68. The Morgan fingerprint density at radius 1 is 1.24 bits per heavy atom. The summed E-state index contributed by atoms with van der Waals surface area (Å²) >= 11 is 0. The number of rotatable bonds is 2. The van der Waals surface area contributed by atoms with E-state index in [0.717, 1.165) is 19.3 Å². The molecule has 1 N–H and O–H groups in total. The minimum atomic E-state index is -1.16. The van der Waals surface area contributed by atoms with Gasteiger partial charge in [0.2, 0.25) is 0 Å². The minimum absolute atomic E-state index is 0.164. The minimum Gasteiger partial charge on any atom is -0.476 e. The molecule has 0 spiro atoms. The second kappa shape index (κ2) is 4.95. The highest BCUT2D eigenvalue weighted by Gasteiger charge is 2.23. The second-order valence-electron chi connectivity index (χ2n) is 4.06. The van der Waals surface area contributed by atoms with Crippen molar-refractivity contribution in [2.24, 2.45) is 0 Å². The van der Waals surface area contributed by atoms with Gasteiger partial charge in [0.15, 0.2) is 5.69 Å². The van der Waals surface area contributed by atoms with Gasteiger partial charge in [0.05, 0.1) is 5.56 Å². The maximum Gasteiger partial charge on any atom is 0.355 e. The molecule has 0 bridgehead atoms. The highest BCUT2D eigenvalue weighted by atomic mass is 16.4. The molecule has 2 heterocycles. The second-order valence-corrected chi connectivity index (χ2v) is 4.06. The van der Waals surface area contributed by atoms with Gasteiger partial charge in [0, 0.05) is 19.3 Å². The number of amides is 1. The first-order chi connectivity index (χ1) is 8.20. The van der Waals surface area contributed by atoms with Crippen LogP contribution in [0.5, 0.6) is 0 Å². The fourth-order valence-electron chi connectivity index (χ4n) is 2.02.